The molecule has 0 atom stereocenters. The number of hydrogen-bond acceptors (Lipinski definition) is 3. The average molecular weight is 325 g/mol. The van der Waals surface area contributed by atoms with Crippen molar-refractivity contribution in [2.45, 2.75) is 13.8 Å². The minimum absolute atomic E-state index is 0.170. The summed E-state index contributed by atoms with van der Waals surface area (Å²) in [5.41, 5.74) is 1.81. The average Bonchev–Trinajstić information content (AvgIpc) is 2.55. The van der Waals surface area contributed by atoms with Crippen LogP contribution in [0.1, 0.15) is 21.7 Å². The molecule has 1 heterocycles. The molecule has 100 valence electrons. The third-order valence-electron chi connectivity index (χ3n) is 2.78. The van der Waals surface area contributed by atoms with E-state index in [0.717, 1.165) is 11.4 Å². The number of carbonyl (C=O) groups is 1. The Balaban J connectivity index is 2.41. The first-order chi connectivity index (χ1) is 8.88. The number of carboxylic acids is 1. The molecule has 0 aliphatic carbocycles. The molecule has 0 aliphatic rings. The number of hydrogen-bond donors (Lipinski definition) is 1. The van der Waals surface area contributed by atoms with Crippen molar-refractivity contribution >= 4 is 21.9 Å². The smallest absolute Gasteiger partial charge is 0.335 e. The van der Waals surface area contributed by atoms with Crippen LogP contribution < -0.4 is 4.74 Å². The van der Waals surface area contributed by atoms with Gasteiger partial charge in [0.1, 0.15) is 11.4 Å². The number of aromatic nitrogens is 2. The highest BCUT2D eigenvalue weighted by Crippen LogP contribution is 2.30. The highest BCUT2D eigenvalue weighted by Gasteiger charge is 2.13. The van der Waals surface area contributed by atoms with Gasteiger partial charge in [0.2, 0.25) is 0 Å². The number of aromatic carboxylic acids is 1. The van der Waals surface area contributed by atoms with E-state index in [0.29, 0.717) is 16.0 Å². The maximum absolute atomic E-state index is 11.0. The van der Waals surface area contributed by atoms with Crippen molar-refractivity contribution in [2.24, 2.45) is 7.05 Å². The lowest BCUT2D eigenvalue weighted by Gasteiger charge is -2.07. The summed E-state index contributed by atoms with van der Waals surface area (Å²) in [5, 5.41) is 13.3. The van der Waals surface area contributed by atoms with Gasteiger partial charge < -0.3 is 9.84 Å². The fraction of sp³-hybridized carbons (Fsp3) is 0.231. The van der Waals surface area contributed by atoms with Gasteiger partial charge in [-0.3, -0.25) is 4.68 Å². The van der Waals surface area contributed by atoms with Gasteiger partial charge in [0.05, 0.1) is 11.3 Å². The SMILES string of the molecule is Cc1nn(C)c(C)c1Oc1cc(Br)cc(C(=O)O)c1. The third kappa shape index (κ3) is 2.78. The molecular formula is C13H13BrN2O3. The second-order valence-electron chi connectivity index (χ2n) is 4.21. The Morgan fingerprint density at radius 1 is 1.37 bits per heavy atom. The van der Waals surface area contributed by atoms with E-state index in [9.17, 15) is 4.79 Å². The van der Waals surface area contributed by atoms with E-state index >= 15 is 0 Å². The number of carboxylic acid groups (broad SMARTS) is 1. The molecule has 0 saturated heterocycles. The topological polar surface area (TPSA) is 64.4 Å². The standard InChI is InChI=1S/C13H13BrN2O3/c1-7-12(8(2)16(3)15-7)19-11-5-9(13(17)18)4-10(14)6-11/h4-6H,1-3H3,(H,17,18). The predicted octanol–water partition coefficient (Wildman–Crippen LogP) is 3.29. The highest BCUT2D eigenvalue weighted by atomic mass is 79.9. The third-order valence-corrected chi connectivity index (χ3v) is 3.24. The van der Waals surface area contributed by atoms with Crippen molar-refractivity contribution < 1.29 is 14.6 Å². The molecule has 1 aromatic heterocycles. The zero-order valence-electron chi connectivity index (χ0n) is 10.8. The van der Waals surface area contributed by atoms with E-state index in [1.165, 1.54) is 12.1 Å². The largest absolute Gasteiger partial charge is 0.478 e. The van der Waals surface area contributed by atoms with E-state index in [-0.39, 0.29) is 5.56 Å². The van der Waals surface area contributed by atoms with Gasteiger partial charge in [-0.1, -0.05) is 15.9 Å². The second kappa shape index (κ2) is 5.05. The van der Waals surface area contributed by atoms with Crippen LogP contribution >= 0.6 is 15.9 Å². The first-order valence-corrected chi connectivity index (χ1v) is 6.39. The van der Waals surface area contributed by atoms with Crippen molar-refractivity contribution in [1.29, 1.82) is 0 Å². The molecule has 0 bridgehead atoms. The molecule has 0 aliphatic heterocycles. The molecule has 1 aromatic carbocycles. The lowest BCUT2D eigenvalue weighted by Crippen LogP contribution is -1.97. The minimum Gasteiger partial charge on any atom is -0.478 e. The van der Waals surface area contributed by atoms with Crippen LogP contribution in [-0.4, -0.2) is 20.9 Å². The van der Waals surface area contributed by atoms with Crippen LogP contribution in [0.2, 0.25) is 0 Å². The predicted molar refractivity (Wildman–Crippen MR) is 73.9 cm³/mol. The summed E-state index contributed by atoms with van der Waals surface area (Å²) in [7, 11) is 1.83. The van der Waals surface area contributed by atoms with Gasteiger partial charge in [-0.2, -0.15) is 5.10 Å². The van der Waals surface area contributed by atoms with Gasteiger partial charge in [0.15, 0.2) is 5.75 Å². The maximum atomic E-state index is 11.0. The number of aryl methyl sites for hydroxylation is 2. The van der Waals surface area contributed by atoms with Crippen LogP contribution in [0.4, 0.5) is 0 Å². The Labute approximate surface area is 118 Å². The van der Waals surface area contributed by atoms with E-state index in [1.54, 1.807) is 10.7 Å². The molecule has 0 spiro atoms. The van der Waals surface area contributed by atoms with Crippen LogP contribution in [0.25, 0.3) is 0 Å². The molecule has 0 amide bonds. The zero-order valence-corrected chi connectivity index (χ0v) is 12.4. The Morgan fingerprint density at radius 2 is 2.05 bits per heavy atom. The van der Waals surface area contributed by atoms with Gasteiger partial charge >= 0.3 is 5.97 Å². The first kappa shape index (κ1) is 13.6. The fourth-order valence-corrected chi connectivity index (χ4v) is 2.24. The summed E-state index contributed by atoms with van der Waals surface area (Å²) in [5.74, 6) is 0.119. The summed E-state index contributed by atoms with van der Waals surface area (Å²) in [6.45, 7) is 3.74. The Hall–Kier alpha value is -1.82. The molecular weight excluding hydrogens is 312 g/mol. The van der Waals surface area contributed by atoms with Crippen molar-refractivity contribution in [3.05, 3.63) is 39.6 Å². The quantitative estimate of drug-likeness (QED) is 0.940. The van der Waals surface area contributed by atoms with Crippen LogP contribution in [0, 0.1) is 13.8 Å². The molecule has 2 rings (SSSR count). The van der Waals surface area contributed by atoms with Crippen molar-refractivity contribution in [2.75, 3.05) is 0 Å². The molecule has 6 heteroatoms. The Morgan fingerprint density at radius 3 is 2.58 bits per heavy atom. The fourth-order valence-electron chi connectivity index (χ4n) is 1.76. The summed E-state index contributed by atoms with van der Waals surface area (Å²) >= 11 is 3.27. The molecule has 2 aromatic rings. The number of halogens is 1. The summed E-state index contributed by atoms with van der Waals surface area (Å²) in [6.07, 6.45) is 0. The lowest BCUT2D eigenvalue weighted by atomic mass is 10.2. The number of rotatable bonds is 3. The maximum Gasteiger partial charge on any atom is 0.335 e. The Bertz CT molecular complexity index is 650. The van der Waals surface area contributed by atoms with Gasteiger partial charge in [0.25, 0.3) is 0 Å². The van der Waals surface area contributed by atoms with E-state index in [4.69, 9.17) is 9.84 Å². The van der Waals surface area contributed by atoms with Gasteiger partial charge in [-0.05, 0) is 32.0 Å². The van der Waals surface area contributed by atoms with Crippen LogP contribution in [0.3, 0.4) is 0 Å². The monoisotopic (exact) mass is 324 g/mol. The molecule has 0 fully saturated rings. The second-order valence-corrected chi connectivity index (χ2v) is 5.12. The van der Waals surface area contributed by atoms with Crippen LogP contribution in [0.15, 0.2) is 22.7 Å². The van der Waals surface area contributed by atoms with Crippen LogP contribution in [0.5, 0.6) is 11.5 Å². The molecule has 0 radical (unpaired) electrons. The van der Waals surface area contributed by atoms with Crippen molar-refractivity contribution in [1.82, 2.24) is 9.78 Å². The molecule has 0 saturated carbocycles. The first-order valence-electron chi connectivity index (χ1n) is 5.60. The molecule has 1 N–H and O–H groups in total. The number of ether oxygens (including phenoxy) is 1. The van der Waals surface area contributed by atoms with Gasteiger partial charge in [-0.25, -0.2) is 4.79 Å². The van der Waals surface area contributed by atoms with Crippen LogP contribution in [-0.2, 0) is 7.05 Å². The molecule has 5 nitrogen and oxygen atoms in total. The summed E-state index contributed by atoms with van der Waals surface area (Å²) < 4.78 is 8.13. The van der Waals surface area contributed by atoms with E-state index in [2.05, 4.69) is 21.0 Å². The number of nitrogens with zero attached hydrogens (tertiary/aromatic N) is 2. The van der Waals surface area contributed by atoms with Gasteiger partial charge in [-0.15, -0.1) is 0 Å². The Kier molecular flexibility index (Phi) is 3.61. The number of benzene rings is 1. The van der Waals surface area contributed by atoms with E-state index < -0.39 is 5.97 Å². The zero-order chi connectivity index (χ0) is 14.2. The van der Waals surface area contributed by atoms with Gasteiger partial charge in [0, 0.05) is 11.5 Å². The minimum atomic E-state index is -0.995. The highest BCUT2D eigenvalue weighted by molar-refractivity contribution is 9.10. The molecule has 19 heavy (non-hydrogen) atoms. The molecule has 0 unspecified atom stereocenters. The lowest BCUT2D eigenvalue weighted by molar-refractivity contribution is 0.0696. The van der Waals surface area contributed by atoms with Crippen molar-refractivity contribution in [3.8, 4) is 11.5 Å². The van der Waals surface area contributed by atoms with Crippen molar-refractivity contribution in [3.63, 3.8) is 0 Å². The van der Waals surface area contributed by atoms with E-state index in [1.807, 2.05) is 20.9 Å². The summed E-state index contributed by atoms with van der Waals surface area (Å²) in [4.78, 5) is 11.0. The summed E-state index contributed by atoms with van der Waals surface area (Å²) in [6, 6.07) is 4.73. The normalized spacial score (nSPS) is 10.5.